The molecule has 0 aliphatic heterocycles. The lowest BCUT2D eigenvalue weighted by Crippen LogP contribution is -1.88. The first-order valence-electron chi connectivity index (χ1n) is 5.78. The van der Waals surface area contributed by atoms with Crippen molar-refractivity contribution in [3.05, 3.63) is 39.7 Å². The molecule has 1 heterocycles. The predicted octanol–water partition coefficient (Wildman–Crippen LogP) is 4.60. The summed E-state index contributed by atoms with van der Waals surface area (Å²) in [4.78, 5) is 4.67. The third kappa shape index (κ3) is 3.08. The van der Waals surface area contributed by atoms with Crippen LogP contribution in [0.5, 0.6) is 0 Å². The molecule has 1 aromatic heterocycles. The Labute approximate surface area is 111 Å². The van der Waals surface area contributed by atoms with Crippen LogP contribution in [0.3, 0.4) is 0 Å². The summed E-state index contributed by atoms with van der Waals surface area (Å²) in [5, 5.41) is 3.32. The first-order chi connectivity index (χ1) is 8.20. The molecule has 0 N–H and O–H groups in total. The molecule has 0 spiro atoms. The van der Waals surface area contributed by atoms with Crippen molar-refractivity contribution in [2.75, 3.05) is 5.88 Å². The summed E-state index contributed by atoms with van der Waals surface area (Å²) >= 11 is 7.42. The molecule has 1 aromatic carbocycles. The van der Waals surface area contributed by atoms with E-state index in [1.54, 1.807) is 11.3 Å². The average molecular weight is 266 g/mol. The summed E-state index contributed by atoms with van der Waals surface area (Å²) in [5.41, 5.74) is 4.92. The first-order valence-corrected chi connectivity index (χ1v) is 7.20. The maximum atomic E-state index is 5.69. The van der Waals surface area contributed by atoms with Crippen molar-refractivity contribution in [2.45, 2.75) is 26.7 Å². The molecule has 0 fully saturated rings. The van der Waals surface area contributed by atoms with Crippen LogP contribution in [0.25, 0.3) is 11.3 Å². The number of hydrogen-bond donors (Lipinski definition) is 0. The Morgan fingerprint density at radius 2 is 2.12 bits per heavy atom. The number of halogens is 1. The van der Waals surface area contributed by atoms with E-state index >= 15 is 0 Å². The van der Waals surface area contributed by atoms with Crippen LogP contribution in [0.15, 0.2) is 23.6 Å². The molecule has 0 aliphatic carbocycles. The fraction of sp³-hybridized carbons (Fsp3) is 0.357. The molecular formula is C14H16ClNS. The van der Waals surface area contributed by atoms with E-state index in [9.17, 15) is 0 Å². The summed E-state index contributed by atoms with van der Waals surface area (Å²) in [5.74, 6) is 0.707. The van der Waals surface area contributed by atoms with Crippen molar-refractivity contribution < 1.29 is 0 Å². The molecular weight excluding hydrogens is 250 g/mol. The van der Waals surface area contributed by atoms with Gasteiger partial charge in [-0.25, -0.2) is 4.98 Å². The molecule has 0 unspecified atom stereocenters. The Kier molecular flexibility index (Phi) is 4.19. The Morgan fingerprint density at radius 1 is 1.29 bits per heavy atom. The highest BCUT2D eigenvalue weighted by Gasteiger charge is 2.06. The van der Waals surface area contributed by atoms with E-state index in [-0.39, 0.29) is 0 Å². The minimum atomic E-state index is 0.707. The molecule has 2 rings (SSSR count). The predicted molar refractivity (Wildman–Crippen MR) is 76.1 cm³/mol. The van der Waals surface area contributed by atoms with Crippen molar-refractivity contribution in [2.24, 2.45) is 0 Å². The zero-order valence-electron chi connectivity index (χ0n) is 10.2. The monoisotopic (exact) mass is 265 g/mol. The Morgan fingerprint density at radius 3 is 2.82 bits per heavy atom. The highest BCUT2D eigenvalue weighted by molar-refractivity contribution is 7.09. The highest BCUT2D eigenvalue weighted by Crippen LogP contribution is 2.26. The molecule has 0 aliphatic rings. The standard InChI is InChI=1S/C14H16ClNS/c1-10-5-6-12(11(2)8-10)13-9-17-14(16-13)4-3-7-15/h5-6,8-9H,3-4,7H2,1-2H3. The Hall–Kier alpha value is -0.860. The molecule has 0 amide bonds. The van der Waals surface area contributed by atoms with Crippen LogP contribution in [0.4, 0.5) is 0 Å². The average Bonchev–Trinajstić information content (AvgIpc) is 2.75. The van der Waals surface area contributed by atoms with Crippen molar-refractivity contribution in [1.29, 1.82) is 0 Å². The van der Waals surface area contributed by atoms with E-state index in [4.69, 9.17) is 11.6 Å². The number of alkyl halides is 1. The zero-order valence-corrected chi connectivity index (χ0v) is 11.7. The molecule has 0 saturated heterocycles. The summed E-state index contributed by atoms with van der Waals surface area (Å²) in [7, 11) is 0. The van der Waals surface area contributed by atoms with Gasteiger partial charge in [0, 0.05) is 23.2 Å². The van der Waals surface area contributed by atoms with Crippen LogP contribution >= 0.6 is 22.9 Å². The minimum Gasteiger partial charge on any atom is -0.241 e. The summed E-state index contributed by atoms with van der Waals surface area (Å²) < 4.78 is 0. The van der Waals surface area contributed by atoms with Crippen LogP contribution in [0, 0.1) is 13.8 Å². The van der Waals surface area contributed by atoms with Gasteiger partial charge in [-0.2, -0.15) is 0 Å². The number of aromatic nitrogens is 1. The van der Waals surface area contributed by atoms with Gasteiger partial charge in [0.15, 0.2) is 0 Å². The Balaban J connectivity index is 2.24. The number of rotatable bonds is 4. The van der Waals surface area contributed by atoms with Gasteiger partial charge < -0.3 is 0 Å². The van der Waals surface area contributed by atoms with E-state index < -0.39 is 0 Å². The normalized spacial score (nSPS) is 10.8. The molecule has 0 atom stereocenters. The van der Waals surface area contributed by atoms with Gasteiger partial charge in [-0.05, 0) is 25.8 Å². The van der Waals surface area contributed by atoms with Crippen LogP contribution in [0.2, 0.25) is 0 Å². The molecule has 2 aromatic rings. The van der Waals surface area contributed by atoms with Gasteiger partial charge in [0.1, 0.15) is 0 Å². The quantitative estimate of drug-likeness (QED) is 0.737. The van der Waals surface area contributed by atoms with Crippen LogP contribution in [0.1, 0.15) is 22.6 Å². The van der Waals surface area contributed by atoms with Crippen molar-refractivity contribution in [3.63, 3.8) is 0 Å². The lowest BCUT2D eigenvalue weighted by Gasteiger charge is -2.03. The van der Waals surface area contributed by atoms with Gasteiger partial charge in [0.05, 0.1) is 10.7 Å². The van der Waals surface area contributed by atoms with E-state index in [0.717, 1.165) is 18.5 Å². The summed E-state index contributed by atoms with van der Waals surface area (Å²) in [6, 6.07) is 6.50. The molecule has 17 heavy (non-hydrogen) atoms. The topological polar surface area (TPSA) is 12.9 Å². The van der Waals surface area contributed by atoms with E-state index in [2.05, 4.69) is 42.4 Å². The van der Waals surface area contributed by atoms with Crippen LogP contribution < -0.4 is 0 Å². The molecule has 3 heteroatoms. The van der Waals surface area contributed by atoms with E-state index in [1.165, 1.54) is 21.7 Å². The summed E-state index contributed by atoms with van der Waals surface area (Å²) in [6.45, 7) is 4.25. The number of hydrogen-bond acceptors (Lipinski definition) is 2. The van der Waals surface area contributed by atoms with Crippen molar-refractivity contribution >= 4 is 22.9 Å². The first kappa shape index (κ1) is 12.6. The maximum absolute atomic E-state index is 5.69. The number of benzene rings is 1. The minimum absolute atomic E-state index is 0.707. The van der Waals surface area contributed by atoms with Crippen molar-refractivity contribution in [1.82, 2.24) is 4.98 Å². The highest BCUT2D eigenvalue weighted by atomic mass is 35.5. The second-order valence-corrected chi connectivity index (χ2v) is 5.56. The van der Waals surface area contributed by atoms with Gasteiger partial charge in [-0.15, -0.1) is 22.9 Å². The number of nitrogens with zero attached hydrogens (tertiary/aromatic N) is 1. The fourth-order valence-corrected chi connectivity index (χ4v) is 2.84. The largest absolute Gasteiger partial charge is 0.241 e. The number of thiazole rings is 1. The maximum Gasteiger partial charge on any atom is 0.0933 e. The van der Waals surface area contributed by atoms with Crippen molar-refractivity contribution in [3.8, 4) is 11.3 Å². The second kappa shape index (κ2) is 5.65. The van der Waals surface area contributed by atoms with Gasteiger partial charge in [-0.1, -0.05) is 23.8 Å². The zero-order chi connectivity index (χ0) is 12.3. The van der Waals surface area contributed by atoms with Crippen LogP contribution in [-0.4, -0.2) is 10.9 Å². The third-order valence-electron chi connectivity index (χ3n) is 2.73. The summed E-state index contributed by atoms with van der Waals surface area (Å²) in [6.07, 6.45) is 1.99. The molecule has 0 saturated carbocycles. The number of aryl methyl sites for hydroxylation is 3. The molecule has 0 radical (unpaired) electrons. The lowest BCUT2D eigenvalue weighted by atomic mass is 10.0. The molecule has 1 nitrogen and oxygen atoms in total. The van der Waals surface area contributed by atoms with E-state index in [0.29, 0.717) is 5.88 Å². The van der Waals surface area contributed by atoms with Gasteiger partial charge in [0.2, 0.25) is 0 Å². The van der Waals surface area contributed by atoms with Gasteiger partial charge in [-0.3, -0.25) is 0 Å². The second-order valence-electron chi connectivity index (χ2n) is 4.24. The van der Waals surface area contributed by atoms with Gasteiger partial charge >= 0.3 is 0 Å². The van der Waals surface area contributed by atoms with Gasteiger partial charge in [0.25, 0.3) is 0 Å². The molecule has 90 valence electrons. The smallest absolute Gasteiger partial charge is 0.0933 e. The third-order valence-corrected chi connectivity index (χ3v) is 3.91. The lowest BCUT2D eigenvalue weighted by molar-refractivity contribution is 0.916. The van der Waals surface area contributed by atoms with E-state index in [1.807, 2.05) is 0 Å². The Bertz CT molecular complexity index is 505. The fourth-order valence-electron chi connectivity index (χ4n) is 1.87. The molecule has 0 bridgehead atoms. The SMILES string of the molecule is Cc1ccc(-c2csc(CCCCl)n2)c(C)c1. The van der Waals surface area contributed by atoms with Crippen LogP contribution in [-0.2, 0) is 6.42 Å².